The predicted molar refractivity (Wildman–Crippen MR) is 107 cm³/mol. The van der Waals surface area contributed by atoms with E-state index in [1.807, 2.05) is 32.9 Å². The van der Waals surface area contributed by atoms with E-state index in [0.717, 1.165) is 22.5 Å². The molecule has 1 aromatic heterocycles. The van der Waals surface area contributed by atoms with Crippen molar-refractivity contribution in [2.45, 2.75) is 33.2 Å². The van der Waals surface area contributed by atoms with Gasteiger partial charge in [-0.1, -0.05) is 12.1 Å². The van der Waals surface area contributed by atoms with Crippen molar-refractivity contribution in [2.75, 3.05) is 23.4 Å². The molecule has 1 saturated heterocycles. The second kappa shape index (κ2) is 7.68. The molecule has 2 heterocycles. The number of hydrogen-bond acceptors (Lipinski definition) is 5. The van der Waals surface area contributed by atoms with Gasteiger partial charge in [-0.25, -0.2) is 8.42 Å². The number of hydrogen-bond donors (Lipinski definition) is 1. The lowest BCUT2D eigenvalue weighted by molar-refractivity contribution is 0.0702. The highest BCUT2D eigenvalue weighted by atomic mass is 32.2. The minimum Gasteiger partial charge on any atom is -0.355 e. The first kappa shape index (κ1) is 19.4. The number of carbonyl (C=O) groups excluding carboxylic acids is 1. The minimum atomic E-state index is -3.05. The Hall–Kier alpha value is -2.41. The monoisotopic (exact) mass is 387 g/mol. The van der Waals surface area contributed by atoms with Crippen LogP contribution in [-0.2, 0) is 9.84 Å². The molecule has 1 atom stereocenters. The molecule has 3 rings (SSSR count). The zero-order valence-electron chi connectivity index (χ0n) is 15.9. The highest BCUT2D eigenvalue weighted by molar-refractivity contribution is 7.91. The fourth-order valence-corrected chi connectivity index (χ4v) is 5.12. The summed E-state index contributed by atoms with van der Waals surface area (Å²) in [5.41, 5.74) is 4.33. The summed E-state index contributed by atoms with van der Waals surface area (Å²) in [6.07, 6.45) is 2.09. The second-order valence-corrected chi connectivity index (χ2v) is 9.25. The van der Waals surface area contributed by atoms with E-state index >= 15 is 0 Å². The van der Waals surface area contributed by atoms with Gasteiger partial charge in [0.15, 0.2) is 9.84 Å². The molecule has 0 spiro atoms. The molecule has 0 bridgehead atoms. The number of anilines is 2. The lowest BCUT2D eigenvalue weighted by Crippen LogP contribution is -2.41. The molecule has 1 N–H and O–H groups in total. The molecule has 1 amide bonds. The van der Waals surface area contributed by atoms with Gasteiger partial charge in [-0.3, -0.25) is 9.78 Å². The van der Waals surface area contributed by atoms with Crippen molar-refractivity contribution in [2.24, 2.45) is 0 Å². The maximum absolute atomic E-state index is 12.9. The molecule has 144 valence electrons. The molecule has 0 aliphatic carbocycles. The number of amides is 1. The molecular weight excluding hydrogens is 362 g/mol. The first-order valence-electron chi connectivity index (χ1n) is 9.11. The van der Waals surface area contributed by atoms with Crippen LogP contribution in [0.15, 0.2) is 36.5 Å². The van der Waals surface area contributed by atoms with Gasteiger partial charge in [0.25, 0.3) is 5.91 Å². The molecule has 27 heavy (non-hydrogen) atoms. The van der Waals surface area contributed by atoms with E-state index in [9.17, 15) is 13.2 Å². The number of pyridine rings is 1. The van der Waals surface area contributed by atoms with Crippen molar-refractivity contribution in [3.8, 4) is 0 Å². The number of benzene rings is 1. The van der Waals surface area contributed by atoms with Crippen LogP contribution in [0.3, 0.4) is 0 Å². The van der Waals surface area contributed by atoms with Crippen molar-refractivity contribution in [3.63, 3.8) is 0 Å². The third-order valence-electron chi connectivity index (χ3n) is 4.90. The molecule has 6 nitrogen and oxygen atoms in total. The standard InChI is InChI=1S/C20H25N3O3S/c1-4-23(17-8-10-27(25,26)13-17)20(24)19-12-16(7-9-21-19)22-18-11-14(2)5-6-15(18)3/h5-7,9,11-12,17H,4,8,10,13H2,1-3H3,(H,21,22). The van der Waals surface area contributed by atoms with Gasteiger partial charge >= 0.3 is 0 Å². The Labute approximate surface area is 160 Å². The van der Waals surface area contributed by atoms with Gasteiger partial charge in [0.2, 0.25) is 0 Å². The number of rotatable bonds is 5. The maximum atomic E-state index is 12.9. The van der Waals surface area contributed by atoms with Gasteiger partial charge in [-0.2, -0.15) is 0 Å². The Morgan fingerprint density at radius 2 is 2.04 bits per heavy atom. The molecule has 1 aromatic carbocycles. The number of nitrogens with zero attached hydrogens (tertiary/aromatic N) is 2. The molecule has 1 unspecified atom stereocenters. The summed E-state index contributed by atoms with van der Waals surface area (Å²) in [5, 5.41) is 3.34. The van der Waals surface area contributed by atoms with Crippen molar-refractivity contribution >= 4 is 27.1 Å². The zero-order valence-corrected chi connectivity index (χ0v) is 16.7. The van der Waals surface area contributed by atoms with E-state index in [4.69, 9.17) is 0 Å². The van der Waals surface area contributed by atoms with Crippen molar-refractivity contribution in [1.82, 2.24) is 9.88 Å². The third kappa shape index (κ3) is 4.47. The molecule has 1 fully saturated rings. The van der Waals surface area contributed by atoms with E-state index in [0.29, 0.717) is 18.7 Å². The third-order valence-corrected chi connectivity index (χ3v) is 6.65. The molecule has 1 aliphatic rings. The summed E-state index contributed by atoms with van der Waals surface area (Å²) in [6.45, 7) is 6.37. The molecule has 1 aliphatic heterocycles. The Morgan fingerprint density at radius 3 is 2.70 bits per heavy atom. The average molecular weight is 388 g/mol. The normalized spacial score (nSPS) is 18.3. The van der Waals surface area contributed by atoms with Crippen molar-refractivity contribution < 1.29 is 13.2 Å². The van der Waals surface area contributed by atoms with E-state index in [-0.39, 0.29) is 23.5 Å². The van der Waals surface area contributed by atoms with Gasteiger partial charge in [0.1, 0.15) is 5.69 Å². The molecule has 0 radical (unpaired) electrons. The molecular formula is C20H25N3O3S. The van der Waals surface area contributed by atoms with Crippen LogP contribution in [0, 0.1) is 13.8 Å². The summed E-state index contributed by atoms with van der Waals surface area (Å²) in [4.78, 5) is 18.8. The van der Waals surface area contributed by atoms with Gasteiger partial charge in [-0.15, -0.1) is 0 Å². The first-order chi connectivity index (χ1) is 12.8. The van der Waals surface area contributed by atoms with Gasteiger partial charge in [0, 0.05) is 30.2 Å². The molecule has 0 saturated carbocycles. The first-order valence-corrected chi connectivity index (χ1v) is 10.9. The van der Waals surface area contributed by atoms with Gasteiger partial charge in [-0.05, 0) is 56.5 Å². The second-order valence-electron chi connectivity index (χ2n) is 7.02. The topological polar surface area (TPSA) is 79.4 Å². The Kier molecular flexibility index (Phi) is 5.51. The number of nitrogens with one attached hydrogen (secondary N) is 1. The van der Waals surface area contributed by atoms with Crippen molar-refractivity contribution in [1.29, 1.82) is 0 Å². The smallest absolute Gasteiger partial charge is 0.272 e. The fraction of sp³-hybridized carbons (Fsp3) is 0.400. The number of sulfone groups is 1. The highest BCUT2D eigenvalue weighted by Gasteiger charge is 2.34. The predicted octanol–water partition coefficient (Wildman–Crippen LogP) is 3.09. The van der Waals surface area contributed by atoms with Crippen LogP contribution in [0.5, 0.6) is 0 Å². The molecule has 7 heteroatoms. The number of aryl methyl sites for hydroxylation is 2. The summed E-state index contributed by atoms with van der Waals surface area (Å²) in [7, 11) is -3.05. The van der Waals surface area contributed by atoms with Crippen LogP contribution >= 0.6 is 0 Å². The summed E-state index contributed by atoms with van der Waals surface area (Å²) >= 11 is 0. The average Bonchev–Trinajstić information content (AvgIpc) is 2.98. The maximum Gasteiger partial charge on any atom is 0.272 e. The van der Waals surface area contributed by atoms with Gasteiger partial charge < -0.3 is 10.2 Å². The van der Waals surface area contributed by atoms with Crippen LogP contribution in [-0.4, -0.2) is 48.3 Å². The SMILES string of the molecule is CCN(C(=O)c1cc(Nc2cc(C)ccc2C)ccn1)C1CCS(=O)(=O)C1. The van der Waals surface area contributed by atoms with Crippen LogP contribution in [0.2, 0.25) is 0 Å². The fourth-order valence-electron chi connectivity index (χ4n) is 3.39. The summed E-state index contributed by atoms with van der Waals surface area (Å²) < 4.78 is 23.5. The lowest BCUT2D eigenvalue weighted by Gasteiger charge is -2.26. The largest absolute Gasteiger partial charge is 0.355 e. The summed E-state index contributed by atoms with van der Waals surface area (Å²) in [5.74, 6) is -0.0555. The number of carbonyl (C=O) groups is 1. The van der Waals surface area contributed by atoms with Crippen LogP contribution in [0.25, 0.3) is 0 Å². The Morgan fingerprint density at radius 1 is 1.26 bits per heavy atom. The molecule has 2 aromatic rings. The van der Waals surface area contributed by atoms with E-state index in [2.05, 4.69) is 22.4 Å². The quantitative estimate of drug-likeness (QED) is 0.853. The number of aromatic nitrogens is 1. The highest BCUT2D eigenvalue weighted by Crippen LogP contribution is 2.23. The van der Waals surface area contributed by atoms with Gasteiger partial charge in [0.05, 0.1) is 11.5 Å². The van der Waals surface area contributed by atoms with Crippen LogP contribution < -0.4 is 5.32 Å². The van der Waals surface area contributed by atoms with Crippen LogP contribution in [0.4, 0.5) is 11.4 Å². The zero-order chi connectivity index (χ0) is 19.6. The van der Waals surface area contributed by atoms with E-state index < -0.39 is 9.84 Å². The summed E-state index contributed by atoms with van der Waals surface area (Å²) in [6, 6.07) is 9.41. The Bertz CT molecular complexity index is 957. The Balaban J connectivity index is 1.81. The van der Waals surface area contributed by atoms with E-state index in [1.165, 1.54) is 0 Å². The van der Waals surface area contributed by atoms with Crippen LogP contribution in [0.1, 0.15) is 35.0 Å². The lowest BCUT2D eigenvalue weighted by atomic mass is 10.1. The minimum absolute atomic E-state index is 0.0347. The van der Waals surface area contributed by atoms with E-state index in [1.54, 1.807) is 17.2 Å². The van der Waals surface area contributed by atoms with Crippen molar-refractivity contribution in [3.05, 3.63) is 53.3 Å².